The molecule has 2 heterocycles. The molecule has 0 aliphatic carbocycles. The molecule has 5 heteroatoms. The highest BCUT2D eigenvalue weighted by Crippen LogP contribution is 2.26. The lowest BCUT2D eigenvalue weighted by Crippen LogP contribution is -2.36. The summed E-state index contributed by atoms with van der Waals surface area (Å²) in [4.78, 5) is 14.2. The second-order valence-corrected chi connectivity index (χ2v) is 6.69. The summed E-state index contributed by atoms with van der Waals surface area (Å²) in [5.41, 5.74) is 0. The Morgan fingerprint density at radius 2 is 2.50 bits per heavy atom. The van der Waals surface area contributed by atoms with Crippen molar-refractivity contribution in [1.82, 2.24) is 4.90 Å². The van der Waals surface area contributed by atoms with Crippen LogP contribution in [0.25, 0.3) is 0 Å². The predicted octanol–water partition coefficient (Wildman–Crippen LogP) is 2.60. The van der Waals surface area contributed by atoms with Crippen LogP contribution in [-0.2, 0) is 4.79 Å². The lowest BCUT2D eigenvalue weighted by Gasteiger charge is -2.24. The van der Waals surface area contributed by atoms with Gasteiger partial charge in [-0.1, -0.05) is 6.07 Å². The van der Waals surface area contributed by atoms with Crippen LogP contribution in [0, 0.1) is 0 Å². The third-order valence-electron chi connectivity index (χ3n) is 3.23. The quantitative estimate of drug-likeness (QED) is 0.817. The summed E-state index contributed by atoms with van der Waals surface area (Å²) in [6, 6.07) is 4.42. The zero-order valence-corrected chi connectivity index (χ0v) is 12.0. The van der Waals surface area contributed by atoms with E-state index in [0.717, 1.165) is 32.2 Å². The van der Waals surface area contributed by atoms with Gasteiger partial charge in [0.2, 0.25) is 5.91 Å². The van der Waals surface area contributed by atoms with E-state index < -0.39 is 0 Å². The van der Waals surface area contributed by atoms with Crippen LogP contribution in [0.4, 0.5) is 0 Å². The molecule has 1 atom stereocenters. The molecule has 2 rings (SSSR count). The number of rotatable bonds is 6. The lowest BCUT2D eigenvalue weighted by atomic mass is 10.1. The van der Waals surface area contributed by atoms with E-state index in [2.05, 4.69) is 6.07 Å². The predicted molar refractivity (Wildman–Crippen MR) is 76.1 cm³/mol. The van der Waals surface area contributed by atoms with Crippen molar-refractivity contribution >= 4 is 29.0 Å². The highest BCUT2D eigenvalue weighted by Gasteiger charge is 2.27. The lowest BCUT2D eigenvalue weighted by molar-refractivity contribution is -0.129. The van der Waals surface area contributed by atoms with E-state index in [9.17, 15) is 4.79 Å². The molecule has 100 valence electrons. The van der Waals surface area contributed by atoms with Gasteiger partial charge in [-0.05, 0) is 37.1 Å². The molecule has 1 unspecified atom stereocenters. The van der Waals surface area contributed by atoms with Gasteiger partial charge < -0.3 is 10.0 Å². The van der Waals surface area contributed by atoms with Crippen LogP contribution in [0.15, 0.2) is 21.7 Å². The minimum absolute atomic E-state index is 0.225. The van der Waals surface area contributed by atoms with E-state index in [4.69, 9.17) is 5.11 Å². The third-order valence-corrected chi connectivity index (χ3v) is 5.34. The second-order valence-electron chi connectivity index (χ2n) is 4.47. The molecule has 0 saturated carbocycles. The van der Waals surface area contributed by atoms with Gasteiger partial charge in [0.15, 0.2) is 0 Å². The normalized spacial score (nSPS) is 19.4. The van der Waals surface area contributed by atoms with Gasteiger partial charge >= 0.3 is 0 Å². The molecule has 1 aromatic rings. The maximum Gasteiger partial charge on any atom is 0.233 e. The first-order chi connectivity index (χ1) is 8.81. The maximum atomic E-state index is 12.2. The summed E-state index contributed by atoms with van der Waals surface area (Å²) in [5.74, 6) is 0.782. The summed E-state index contributed by atoms with van der Waals surface area (Å²) < 4.78 is 1.20. The van der Waals surface area contributed by atoms with Gasteiger partial charge in [0, 0.05) is 19.2 Å². The first-order valence-electron chi connectivity index (χ1n) is 6.38. The van der Waals surface area contributed by atoms with Crippen molar-refractivity contribution in [2.24, 2.45) is 0 Å². The van der Waals surface area contributed by atoms with Gasteiger partial charge in [0.05, 0.1) is 9.96 Å². The number of aliphatic hydroxyl groups excluding tert-OH is 1. The summed E-state index contributed by atoms with van der Waals surface area (Å²) in [7, 11) is 0. The molecule has 1 amide bonds. The molecule has 0 radical (unpaired) electrons. The van der Waals surface area contributed by atoms with Crippen LogP contribution in [0.1, 0.15) is 25.7 Å². The van der Waals surface area contributed by atoms with Gasteiger partial charge in [0.25, 0.3) is 0 Å². The zero-order chi connectivity index (χ0) is 12.8. The first-order valence-corrected chi connectivity index (χ1v) is 8.24. The Hall–Kier alpha value is -0.520. The Morgan fingerprint density at radius 1 is 1.61 bits per heavy atom. The Bertz CT molecular complexity index is 367. The summed E-state index contributed by atoms with van der Waals surface area (Å²) in [6.45, 7) is 1.11. The molecule has 3 nitrogen and oxygen atoms in total. The molecule has 1 saturated heterocycles. The second kappa shape index (κ2) is 7.16. The fourth-order valence-corrected chi connectivity index (χ4v) is 4.02. The van der Waals surface area contributed by atoms with Crippen LogP contribution < -0.4 is 0 Å². The first kappa shape index (κ1) is 13.9. The van der Waals surface area contributed by atoms with Crippen LogP contribution >= 0.6 is 23.1 Å². The fourth-order valence-electron chi connectivity index (χ4n) is 2.35. The fraction of sp³-hybridized carbons (Fsp3) is 0.615. The molecule has 0 spiro atoms. The molecule has 1 fully saturated rings. The standard InChI is InChI=1S/C13H19NO2S2/c15-8-2-5-11-4-1-7-14(11)12(16)10-18-13-6-3-9-17-13/h3,6,9,11,15H,1-2,4-5,7-8,10H2. The number of carbonyl (C=O) groups is 1. The van der Waals surface area contributed by atoms with Crippen LogP contribution in [0.3, 0.4) is 0 Å². The topological polar surface area (TPSA) is 40.5 Å². The number of amides is 1. The van der Waals surface area contributed by atoms with Crippen molar-refractivity contribution in [2.75, 3.05) is 18.9 Å². The van der Waals surface area contributed by atoms with Gasteiger partial charge in [0.1, 0.15) is 0 Å². The third kappa shape index (κ3) is 3.73. The van der Waals surface area contributed by atoms with Crippen molar-refractivity contribution in [2.45, 2.75) is 35.9 Å². The largest absolute Gasteiger partial charge is 0.396 e. The number of thioether (sulfide) groups is 1. The molecule has 1 aliphatic rings. The zero-order valence-electron chi connectivity index (χ0n) is 10.4. The summed E-state index contributed by atoms with van der Waals surface area (Å²) in [6.07, 6.45) is 3.93. The minimum Gasteiger partial charge on any atom is -0.396 e. The average molecular weight is 285 g/mol. The van der Waals surface area contributed by atoms with Crippen molar-refractivity contribution < 1.29 is 9.90 Å². The van der Waals surface area contributed by atoms with Crippen molar-refractivity contribution in [3.05, 3.63) is 17.5 Å². The van der Waals surface area contributed by atoms with E-state index in [1.165, 1.54) is 4.21 Å². The summed E-state index contributed by atoms with van der Waals surface area (Å²) in [5, 5.41) is 10.9. The highest BCUT2D eigenvalue weighted by molar-refractivity contribution is 8.01. The Morgan fingerprint density at radius 3 is 3.22 bits per heavy atom. The Kier molecular flexibility index (Phi) is 5.53. The van der Waals surface area contributed by atoms with E-state index >= 15 is 0 Å². The highest BCUT2D eigenvalue weighted by atomic mass is 32.2. The van der Waals surface area contributed by atoms with Crippen LogP contribution in [-0.4, -0.2) is 40.9 Å². The number of thiophene rings is 1. The molecule has 18 heavy (non-hydrogen) atoms. The maximum absolute atomic E-state index is 12.2. The van der Waals surface area contributed by atoms with Gasteiger partial charge in [-0.25, -0.2) is 0 Å². The van der Waals surface area contributed by atoms with Gasteiger partial charge in [-0.2, -0.15) is 0 Å². The minimum atomic E-state index is 0.225. The Labute approximate surface area is 116 Å². The number of carbonyl (C=O) groups excluding carboxylic acids is 1. The number of hydrogen-bond donors (Lipinski definition) is 1. The number of hydrogen-bond acceptors (Lipinski definition) is 4. The Balaban J connectivity index is 1.80. The summed E-state index contributed by atoms with van der Waals surface area (Å²) >= 11 is 3.31. The molecular formula is C13H19NO2S2. The van der Waals surface area contributed by atoms with Gasteiger partial charge in [-0.15, -0.1) is 23.1 Å². The van der Waals surface area contributed by atoms with Crippen molar-refractivity contribution in [3.63, 3.8) is 0 Å². The van der Waals surface area contributed by atoms with Crippen molar-refractivity contribution in [1.29, 1.82) is 0 Å². The smallest absolute Gasteiger partial charge is 0.233 e. The molecule has 0 bridgehead atoms. The van der Waals surface area contributed by atoms with E-state index in [1.807, 2.05) is 16.3 Å². The average Bonchev–Trinajstić information content (AvgIpc) is 3.04. The van der Waals surface area contributed by atoms with Crippen LogP contribution in [0.2, 0.25) is 0 Å². The van der Waals surface area contributed by atoms with Crippen LogP contribution in [0.5, 0.6) is 0 Å². The van der Waals surface area contributed by atoms with Crippen molar-refractivity contribution in [3.8, 4) is 0 Å². The monoisotopic (exact) mass is 285 g/mol. The molecule has 1 aliphatic heterocycles. The number of aliphatic hydroxyl groups is 1. The van der Waals surface area contributed by atoms with Gasteiger partial charge in [-0.3, -0.25) is 4.79 Å². The molecule has 1 N–H and O–H groups in total. The number of nitrogens with zero attached hydrogens (tertiary/aromatic N) is 1. The van der Waals surface area contributed by atoms with E-state index in [0.29, 0.717) is 11.8 Å². The van der Waals surface area contributed by atoms with E-state index in [1.54, 1.807) is 23.1 Å². The molecule has 1 aromatic heterocycles. The molecular weight excluding hydrogens is 266 g/mol. The SMILES string of the molecule is O=C(CSc1cccs1)N1CCCC1CCCO. The number of likely N-dealkylation sites (tertiary alicyclic amines) is 1. The molecule has 0 aromatic carbocycles. The van der Waals surface area contributed by atoms with E-state index in [-0.39, 0.29) is 12.5 Å².